The number of hydrogen-bond acceptors (Lipinski definition) is 2. The fourth-order valence-electron chi connectivity index (χ4n) is 2.06. The van der Waals surface area contributed by atoms with E-state index in [-0.39, 0.29) is 0 Å². The van der Waals surface area contributed by atoms with Crippen molar-refractivity contribution < 1.29 is 0 Å². The Bertz CT molecular complexity index is 621. The summed E-state index contributed by atoms with van der Waals surface area (Å²) in [6.07, 6.45) is 2.09. The van der Waals surface area contributed by atoms with E-state index in [1.807, 2.05) is 13.8 Å². The molecule has 2 N–H and O–H groups in total. The molecule has 0 aliphatic carbocycles. The molecule has 0 unspecified atom stereocenters. The van der Waals surface area contributed by atoms with Gasteiger partial charge < -0.3 is 5.32 Å². The first-order chi connectivity index (χ1) is 9.02. The zero-order valence-corrected chi connectivity index (χ0v) is 12.3. The van der Waals surface area contributed by atoms with Gasteiger partial charge in [0.25, 0.3) is 0 Å². The lowest BCUT2D eigenvalue weighted by atomic mass is 10.0. The smallest absolute Gasteiger partial charge is 0.155 e. The number of allylic oxidation sites excluding steroid dienone is 1. The van der Waals surface area contributed by atoms with Gasteiger partial charge in [-0.2, -0.15) is 5.10 Å². The molecule has 3 nitrogen and oxygen atoms in total. The quantitative estimate of drug-likeness (QED) is 0.866. The van der Waals surface area contributed by atoms with Crippen molar-refractivity contribution in [3.05, 3.63) is 52.2 Å². The highest BCUT2D eigenvalue weighted by molar-refractivity contribution is 5.78. The second kappa shape index (κ2) is 5.31. The van der Waals surface area contributed by atoms with Gasteiger partial charge in [-0.3, -0.25) is 5.10 Å². The average molecular weight is 255 g/mol. The van der Waals surface area contributed by atoms with E-state index in [1.165, 1.54) is 16.7 Å². The van der Waals surface area contributed by atoms with Crippen LogP contribution in [0.1, 0.15) is 34.9 Å². The van der Waals surface area contributed by atoms with Gasteiger partial charge in [0.1, 0.15) is 0 Å². The van der Waals surface area contributed by atoms with E-state index >= 15 is 0 Å². The largest absolute Gasteiger partial charge is 0.338 e. The Morgan fingerprint density at radius 1 is 1.21 bits per heavy atom. The van der Waals surface area contributed by atoms with E-state index in [9.17, 15) is 0 Å². The number of hydrogen-bond donors (Lipinski definition) is 2. The van der Waals surface area contributed by atoms with Crippen molar-refractivity contribution in [2.75, 3.05) is 5.32 Å². The summed E-state index contributed by atoms with van der Waals surface area (Å²) in [6, 6.07) is 6.49. The molecule has 0 saturated heterocycles. The minimum atomic E-state index is 0.895. The fourth-order valence-corrected chi connectivity index (χ4v) is 2.06. The number of nitrogens with one attached hydrogen (secondary N) is 2. The number of nitrogens with zero attached hydrogens (tertiary/aromatic N) is 1. The standard InChI is InChI=1S/C16H21N3/c1-6-15(14-9-10(2)7-8-11(14)3)17-16-12(4)13(5)18-19-16/h6-9H,1-5H3,(H2,17,18,19)/b15-6+. The van der Waals surface area contributed by atoms with Crippen LogP contribution in [0, 0.1) is 27.7 Å². The summed E-state index contributed by atoms with van der Waals surface area (Å²) >= 11 is 0. The summed E-state index contributed by atoms with van der Waals surface area (Å²) in [5, 5.41) is 10.7. The molecule has 0 aliphatic heterocycles. The maximum Gasteiger partial charge on any atom is 0.155 e. The molecule has 0 atom stereocenters. The van der Waals surface area contributed by atoms with Crippen LogP contribution in [0.4, 0.5) is 5.82 Å². The molecule has 0 radical (unpaired) electrons. The van der Waals surface area contributed by atoms with E-state index in [0.29, 0.717) is 0 Å². The highest BCUT2D eigenvalue weighted by Crippen LogP contribution is 2.24. The van der Waals surface area contributed by atoms with Crippen LogP contribution < -0.4 is 5.32 Å². The van der Waals surface area contributed by atoms with Crippen molar-refractivity contribution in [2.45, 2.75) is 34.6 Å². The summed E-state index contributed by atoms with van der Waals surface area (Å²) in [4.78, 5) is 0. The van der Waals surface area contributed by atoms with E-state index in [1.54, 1.807) is 0 Å². The number of H-pyrrole nitrogens is 1. The SMILES string of the molecule is C/C=C(/Nc1n[nH]c(C)c1C)c1cc(C)ccc1C. The van der Waals surface area contributed by atoms with Gasteiger partial charge in [0.05, 0.1) is 0 Å². The third-order valence-electron chi connectivity index (χ3n) is 3.48. The number of aryl methyl sites for hydroxylation is 3. The van der Waals surface area contributed by atoms with Gasteiger partial charge in [0.15, 0.2) is 5.82 Å². The Morgan fingerprint density at radius 3 is 2.53 bits per heavy atom. The van der Waals surface area contributed by atoms with Crippen molar-refractivity contribution >= 4 is 11.5 Å². The lowest BCUT2D eigenvalue weighted by Crippen LogP contribution is -2.02. The summed E-state index contributed by atoms with van der Waals surface area (Å²) in [6.45, 7) is 10.4. The number of aromatic nitrogens is 2. The Hall–Kier alpha value is -2.03. The molecule has 3 heteroatoms. The molecule has 0 spiro atoms. The summed E-state index contributed by atoms with van der Waals surface area (Å²) < 4.78 is 0. The van der Waals surface area contributed by atoms with Crippen molar-refractivity contribution in [2.24, 2.45) is 0 Å². The van der Waals surface area contributed by atoms with Crippen LogP contribution in [0.25, 0.3) is 5.70 Å². The fraction of sp³-hybridized carbons (Fsp3) is 0.312. The summed E-state index contributed by atoms with van der Waals surface area (Å²) in [5.74, 6) is 0.895. The lowest BCUT2D eigenvalue weighted by Gasteiger charge is -2.13. The van der Waals surface area contributed by atoms with Gasteiger partial charge in [-0.15, -0.1) is 0 Å². The van der Waals surface area contributed by atoms with Crippen LogP contribution in [0.3, 0.4) is 0 Å². The van der Waals surface area contributed by atoms with Crippen molar-refractivity contribution in [3.63, 3.8) is 0 Å². The minimum absolute atomic E-state index is 0.895. The molecule has 0 saturated carbocycles. The lowest BCUT2D eigenvalue weighted by molar-refractivity contribution is 1.05. The molecule has 0 aliphatic rings. The Kier molecular flexibility index (Phi) is 3.74. The summed E-state index contributed by atoms with van der Waals surface area (Å²) in [7, 11) is 0. The first kappa shape index (κ1) is 13.4. The van der Waals surface area contributed by atoms with Crippen LogP contribution in [-0.4, -0.2) is 10.2 Å². The van der Waals surface area contributed by atoms with Crippen LogP contribution in [0.2, 0.25) is 0 Å². The van der Waals surface area contributed by atoms with Crippen LogP contribution in [0.5, 0.6) is 0 Å². The van der Waals surface area contributed by atoms with E-state index in [0.717, 1.165) is 22.8 Å². The van der Waals surface area contributed by atoms with Crippen LogP contribution >= 0.6 is 0 Å². The van der Waals surface area contributed by atoms with Crippen molar-refractivity contribution in [1.82, 2.24) is 10.2 Å². The molecule has 100 valence electrons. The molecule has 0 bridgehead atoms. The first-order valence-electron chi connectivity index (χ1n) is 6.55. The monoisotopic (exact) mass is 255 g/mol. The maximum absolute atomic E-state index is 4.30. The number of aromatic amines is 1. The minimum Gasteiger partial charge on any atom is -0.338 e. The predicted molar refractivity (Wildman–Crippen MR) is 81.3 cm³/mol. The molecule has 1 aromatic heterocycles. The van der Waals surface area contributed by atoms with Gasteiger partial charge in [-0.05, 0) is 46.2 Å². The van der Waals surface area contributed by atoms with Gasteiger partial charge in [-0.25, -0.2) is 0 Å². The zero-order valence-electron chi connectivity index (χ0n) is 12.3. The predicted octanol–water partition coefficient (Wildman–Crippen LogP) is 4.12. The average Bonchev–Trinajstić information content (AvgIpc) is 2.70. The highest BCUT2D eigenvalue weighted by atomic mass is 15.2. The van der Waals surface area contributed by atoms with Crippen molar-refractivity contribution in [1.29, 1.82) is 0 Å². The molecular formula is C16H21N3. The highest BCUT2D eigenvalue weighted by Gasteiger charge is 2.10. The molecule has 1 aromatic carbocycles. The maximum atomic E-state index is 4.30. The molecule has 19 heavy (non-hydrogen) atoms. The van der Waals surface area contributed by atoms with E-state index in [2.05, 4.69) is 60.6 Å². The second-order valence-electron chi connectivity index (χ2n) is 4.97. The van der Waals surface area contributed by atoms with Crippen molar-refractivity contribution in [3.8, 4) is 0 Å². The second-order valence-corrected chi connectivity index (χ2v) is 4.97. The van der Waals surface area contributed by atoms with Crippen LogP contribution in [-0.2, 0) is 0 Å². The number of benzene rings is 1. The Labute approximate surface area is 114 Å². The van der Waals surface area contributed by atoms with Gasteiger partial charge >= 0.3 is 0 Å². The van der Waals surface area contributed by atoms with Crippen LogP contribution in [0.15, 0.2) is 24.3 Å². The number of anilines is 1. The van der Waals surface area contributed by atoms with Gasteiger partial charge in [0.2, 0.25) is 0 Å². The topological polar surface area (TPSA) is 40.7 Å². The first-order valence-corrected chi connectivity index (χ1v) is 6.55. The molecule has 2 rings (SSSR count). The molecule has 0 fully saturated rings. The van der Waals surface area contributed by atoms with E-state index in [4.69, 9.17) is 0 Å². The summed E-state index contributed by atoms with van der Waals surface area (Å²) in [5.41, 5.74) is 7.09. The Balaban J connectivity index is 2.36. The molecule has 2 aromatic rings. The van der Waals surface area contributed by atoms with E-state index < -0.39 is 0 Å². The molecule has 0 amide bonds. The zero-order chi connectivity index (χ0) is 14.0. The number of rotatable bonds is 3. The van der Waals surface area contributed by atoms with Gasteiger partial charge in [0, 0.05) is 22.5 Å². The van der Waals surface area contributed by atoms with Gasteiger partial charge in [-0.1, -0.05) is 23.8 Å². The molecule has 1 heterocycles. The normalized spacial score (nSPS) is 11.7. The molecular weight excluding hydrogens is 234 g/mol. The third kappa shape index (κ3) is 2.70. The third-order valence-corrected chi connectivity index (χ3v) is 3.48. The Morgan fingerprint density at radius 2 is 1.95 bits per heavy atom.